The van der Waals surface area contributed by atoms with Crippen molar-refractivity contribution in [1.29, 1.82) is 0 Å². The number of nitrogens with one attached hydrogen (secondary N) is 2. The minimum Gasteiger partial charge on any atom is -0.357 e. The van der Waals surface area contributed by atoms with Crippen LogP contribution in [-0.2, 0) is 13.1 Å². The van der Waals surface area contributed by atoms with Crippen molar-refractivity contribution in [2.24, 2.45) is 4.99 Å². The summed E-state index contributed by atoms with van der Waals surface area (Å²) >= 11 is 0. The first kappa shape index (κ1) is 22.0. The Morgan fingerprint density at radius 3 is 2.53 bits per heavy atom. The molecule has 166 valence electrons. The van der Waals surface area contributed by atoms with E-state index in [9.17, 15) is 0 Å². The first-order valence-corrected chi connectivity index (χ1v) is 11.5. The second-order valence-corrected chi connectivity index (χ2v) is 8.13. The van der Waals surface area contributed by atoms with Crippen molar-refractivity contribution in [3.05, 3.63) is 84.3 Å². The number of guanidine groups is 1. The summed E-state index contributed by atoms with van der Waals surface area (Å²) in [5, 5.41) is 7.04. The Balaban J connectivity index is 1.32. The number of aromatic nitrogens is 2. The van der Waals surface area contributed by atoms with Gasteiger partial charge in [-0.3, -0.25) is 14.9 Å². The standard InChI is InChI=1S/C26H32N6/c1-2-27-26(30-19-21-8-7-9-22(18-21)25-11-4-6-15-29-25)31-23-12-16-32(17-13-23)20-24-10-3-5-14-28-24/h3-11,14-15,18,23H,2,12-13,16-17,19-20H2,1H3,(H2,27,30,31). The van der Waals surface area contributed by atoms with E-state index >= 15 is 0 Å². The number of hydrogen-bond acceptors (Lipinski definition) is 4. The third-order valence-electron chi connectivity index (χ3n) is 5.69. The molecule has 3 heterocycles. The Morgan fingerprint density at radius 2 is 1.81 bits per heavy atom. The summed E-state index contributed by atoms with van der Waals surface area (Å²) in [4.78, 5) is 16.2. The van der Waals surface area contributed by atoms with Gasteiger partial charge in [0, 0.05) is 50.2 Å². The van der Waals surface area contributed by atoms with Gasteiger partial charge in [0.25, 0.3) is 0 Å². The molecule has 3 aromatic rings. The lowest BCUT2D eigenvalue weighted by atomic mass is 10.0. The topological polar surface area (TPSA) is 65.4 Å². The summed E-state index contributed by atoms with van der Waals surface area (Å²) in [5.41, 5.74) is 4.43. The Bertz CT molecular complexity index is 981. The van der Waals surface area contributed by atoms with Crippen LogP contribution >= 0.6 is 0 Å². The van der Waals surface area contributed by atoms with Crippen molar-refractivity contribution in [3.63, 3.8) is 0 Å². The number of hydrogen-bond donors (Lipinski definition) is 2. The fourth-order valence-corrected chi connectivity index (χ4v) is 4.00. The molecule has 0 atom stereocenters. The molecule has 6 nitrogen and oxygen atoms in total. The molecular weight excluding hydrogens is 396 g/mol. The molecule has 0 spiro atoms. The molecule has 32 heavy (non-hydrogen) atoms. The van der Waals surface area contributed by atoms with Gasteiger partial charge in [0.2, 0.25) is 0 Å². The summed E-state index contributed by atoms with van der Waals surface area (Å²) in [5.74, 6) is 0.888. The minimum atomic E-state index is 0.438. The molecule has 0 amide bonds. The highest BCUT2D eigenvalue weighted by atomic mass is 15.2. The van der Waals surface area contributed by atoms with Crippen LogP contribution in [0.15, 0.2) is 78.0 Å². The lowest BCUT2D eigenvalue weighted by Gasteiger charge is -2.32. The Hall–Kier alpha value is -3.25. The van der Waals surface area contributed by atoms with Crippen molar-refractivity contribution < 1.29 is 0 Å². The second-order valence-electron chi connectivity index (χ2n) is 8.13. The predicted octanol–water partition coefficient (Wildman–Crippen LogP) is 3.86. The van der Waals surface area contributed by atoms with E-state index in [1.807, 2.05) is 36.7 Å². The molecule has 2 N–H and O–H groups in total. The lowest BCUT2D eigenvalue weighted by molar-refractivity contribution is 0.196. The van der Waals surface area contributed by atoms with Gasteiger partial charge < -0.3 is 10.6 Å². The van der Waals surface area contributed by atoms with Crippen LogP contribution in [0.3, 0.4) is 0 Å². The van der Waals surface area contributed by atoms with Crippen LogP contribution in [0.25, 0.3) is 11.3 Å². The maximum Gasteiger partial charge on any atom is 0.191 e. The monoisotopic (exact) mass is 428 g/mol. The molecule has 0 saturated carbocycles. The summed E-state index contributed by atoms with van der Waals surface area (Å²) in [6, 6.07) is 21.0. The normalized spacial score (nSPS) is 15.5. The van der Waals surface area contributed by atoms with Crippen LogP contribution in [0.2, 0.25) is 0 Å². The Morgan fingerprint density at radius 1 is 1.00 bits per heavy atom. The fraction of sp³-hybridized carbons (Fsp3) is 0.346. The number of rotatable bonds is 7. The third-order valence-corrected chi connectivity index (χ3v) is 5.69. The first-order chi connectivity index (χ1) is 15.8. The third kappa shape index (κ3) is 6.37. The van der Waals surface area contributed by atoms with Crippen molar-refractivity contribution >= 4 is 5.96 Å². The van der Waals surface area contributed by atoms with Gasteiger partial charge in [0.15, 0.2) is 5.96 Å². The molecule has 0 radical (unpaired) electrons. The minimum absolute atomic E-state index is 0.438. The number of likely N-dealkylation sites (tertiary alicyclic amines) is 1. The zero-order valence-corrected chi connectivity index (χ0v) is 18.7. The summed E-state index contributed by atoms with van der Waals surface area (Å²) in [6.07, 6.45) is 5.91. The van der Waals surface area contributed by atoms with E-state index in [0.717, 1.165) is 61.9 Å². The van der Waals surface area contributed by atoms with Crippen molar-refractivity contribution in [3.8, 4) is 11.3 Å². The molecule has 0 aliphatic carbocycles. The SMILES string of the molecule is CCNC(=NCc1cccc(-c2ccccn2)c1)NC1CCN(Cc2ccccn2)CC1. The number of nitrogens with zero attached hydrogens (tertiary/aromatic N) is 4. The Kier molecular flexibility index (Phi) is 7.82. The number of pyridine rings is 2. The zero-order valence-electron chi connectivity index (χ0n) is 18.7. The lowest BCUT2D eigenvalue weighted by Crippen LogP contribution is -2.48. The van der Waals surface area contributed by atoms with Gasteiger partial charge in [-0.15, -0.1) is 0 Å². The van der Waals surface area contributed by atoms with E-state index in [2.05, 4.69) is 68.8 Å². The van der Waals surface area contributed by atoms with Gasteiger partial charge in [-0.1, -0.05) is 30.3 Å². The van der Waals surface area contributed by atoms with Crippen LogP contribution in [0, 0.1) is 0 Å². The summed E-state index contributed by atoms with van der Waals surface area (Å²) in [7, 11) is 0. The summed E-state index contributed by atoms with van der Waals surface area (Å²) < 4.78 is 0. The highest BCUT2D eigenvalue weighted by molar-refractivity contribution is 5.80. The van der Waals surface area contributed by atoms with Crippen molar-refractivity contribution in [2.75, 3.05) is 19.6 Å². The van der Waals surface area contributed by atoms with Gasteiger partial charge in [-0.05, 0) is 55.7 Å². The van der Waals surface area contributed by atoms with E-state index in [1.165, 1.54) is 5.56 Å². The average molecular weight is 429 g/mol. The van der Waals surface area contributed by atoms with E-state index in [4.69, 9.17) is 4.99 Å². The second kappa shape index (κ2) is 11.4. The molecular formula is C26H32N6. The number of piperidine rings is 1. The van der Waals surface area contributed by atoms with Crippen LogP contribution in [0.4, 0.5) is 0 Å². The maximum atomic E-state index is 4.85. The zero-order chi connectivity index (χ0) is 22.0. The number of benzene rings is 1. The predicted molar refractivity (Wildman–Crippen MR) is 130 cm³/mol. The van der Waals surface area contributed by atoms with Gasteiger partial charge in [-0.2, -0.15) is 0 Å². The molecule has 1 saturated heterocycles. The molecule has 4 rings (SSSR count). The van der Waals surface area contributed by atoms with Crippen LogP contribution in [0.1, 0.15) is 31.0 Å². The Labute approximate surface area is 190 Å². The largest absolute Gasteiger partial charge is 0.357 e. The molecule has 1 fully saturated rings. The fourth-order valence-electron chi connectivity index (χ4n) is 4.00. The smallest absolute Gasteiger partial charge is 0.191 e. The molecule has 1 aromatic carbocycles. The van der Waals surface area contributed by atoms with E-state index in [1.54, 1.807) is 0 Å². The van der Waals surface area contributed by atoms with Gasteiger partial charge in [0.05, 0.1) is 17.9 Å². The quantitative estimate of drug-likeness (QED) is 0.442. The van der Waals surface area contributed by atoms with E-state index < -0.39 is 0 Å². The van der Waals surface area contributed by atoms with E-state index in [0.29, 0.717) is 12.6 Å². The van der Waals surface area contributed by atoms with Crippen LogP contribution in [-0.4, -0.2) is 46.5 Å². The van der Waals surface area contributed by atoms with Crippen molar-refractivity contribution in [1.82, 2.24) is 25.5 Å². The number of aliphatic imine (C=N–C) groups is 1. The highest BCUT2D eigenvalue weighted by Crippen LogP contribution is 2.18. The van der Waals surface area contributed by atoms with Gasteiger partial charge in [-0.25, -0.2) is 4.99 Å². The van der Waals surface area contributed by atoms with E-state index in [-0.39, 0.29) is 0 Å². The molecule has 2 aromatic heterocycles. The first-order valence-electron chi connectivity index (χ1n) is 11.5. The summed E-state index contributed by atoms with van der Waals surface area (Å²) in [6.45, 7) is 6.65. The average Bonchev–Trinajstić information content (AvgIpc) is 2.85. The van der Waals surface area contributed by atoms with Crippen LogP contribution in [0.5, 0.6) is 0 Å². The molecule has 1 aliphatic heterocycles. The molecule has 1 aliphatic rings. The van der Waals surface area contributed by atoms with Gasteiger partial charge >= 0.3 is 0 Å². The van der Waals surface area contributed by atoms with Crippen molar-refractivity contribution in [2.45, 2.75) is 38.9 Å². The van der Waals surface area contributed by atoms with Crippen LogP contribution < -0.4 is 10.6 Å². The van der Waals surface area contributed by atoms with Gasteiger partial charge in [0.1, 0.15) is 0 Å². The molecule has 0 bridgehead atoms. The molecule has 6 heteroatoms. The highest BCUT2D eigenvalue weighted by Gasteiger charge is 2.20. The maximum absolute atomic E-state index is 4.85. The molecule has 0 unspecified atom stereocenters.